The number of carbonyl (C=O) groups excluding carboxylic acids is 2. The van der Waals surface area contributed by atoms with Crippen LogP contribution in [0.15, 0.2) is 18.2 Å². The fourth-order valence-corrected chi connectivity index (χ4v) is 2.99. The topological polar surface area (TPSA) is 98.1 Å². The second-order valence-corrected chi connectivity index (χ2v) is 6.77. The summed E-state index contributed by atoms with van der Waals surface area (Å²) in [6.07, 6.45) is 3.55. The summed E-state index contributed by atoms with van der Waals surface area (Å²) in [4.78, 5) is 24.8. The number of hydrogen-bond donors (Lipinski definition) is 2. The first-order valence-corrected chi connectivity index (χ1v) is 9.89. The number of rotatable bonds is 9. The molecule has 1 aromatic heterocycles. The van der Waals surface area contributed by atoms with Crippen molar-refractivity contribution in [2.75, 3.05) is 13.2 Å². The second kappa shape index (κ2) is 8.86. The Hall–Kier alpha value is -2.90. The number of nitrogens with zero attached hydrogens (tertiary/aromatic N) is 3. The average Bonchev–Trinajstić information content (AvgIpc) is 3.39. The molecule has 2 N–H and O–H groups in total. The molecule has 0 bridgehead atoms. The second-order valence-electron chi connectivity index (χ2n) is 6.77. The maximum atomic E-state index is 12.5. The number of carbonyl (C=O) groups is 2. The van der Waals surface area contributed by atoms with Crippen molar-refractivity contribution in [1.29, 1.82) is 0 Å². The summed E-state index contributed by atoms with van der Waals surface area (Å²) in [5, 5.41) is 14.1. The minimum Gasteiger partial charge on any atom is -0.493 e. The minimum atomic E-state index is -0.186. The van der Waals surface area contributed by atoms with E-state index in [0.717, 1.165) is 25.0 Å². The van der Waals surface area contributed by atoms with E-state index in [9.17, 15) is 9.59 Å². The van der Waals surface area contributed by atoms with Gasteiger partial charge >= 0.3 is 0 Å². The van der Waals surface area contributed by atoms with Crippen LogP contribution in [0.4, 0.5) is 0 Å². The first-order valence-electron chi connectivity index (χ1n) is 9.89. The molecule has 2 amide bonds. The predicted molar refractivity (Wildman–Crippen MR) is 105 cm³/mol. The molecule has 1 heterocycles. The van der Waals surface area contributed by atoms with Gasteiger partial charge in [-0.1, -0.05) is 18.6 Å². The Balaban J connectivity index is 1.97. The van der Waals surface area contributed by atoms with Gasteiger partial charge in [-0.05, 0) is 45.2 Å². The molecule has 8 heteroatoms. The molecule has 2 aromatic rings. The molecule has 0 aliphatic heterocycles. The number of aromatic nitrogens is 3. The summed E-state index contributed by atoms with van der Waals surface area (Å²) < 4.78 is 7.34. The van der Waals surface area contributed by atoms with Crippen LogP contribution in [-0.4, -0.2) is 46.0 Å². The molecule has 3 rings (SSSR count). The fourth-order valence-electron chi connectivity index (χ4n) is 2.99. The molecule has 1 saturated carbocycles. The number of nitrogens with one attached hydrogen (secondary N) is 2. The third kappa shape index (κ3) is 4.32. The molecule has 0 saturated heterocycles. The van der Waals surface area contributed by atoms with Gasteiger partial charge in [0.05, 0.1) is 23.6 Å². The van der Waals surface area contributed by atoms with E-state index in [-0.39, 0.29) is 17.9 Å². The van der Waals surface area contributed by atoms with Gasteiger partial charge in [-0.2, -0.15) is 0 Å². The molecule has 0 atom stereocenters. The lowest BCUT2D eigenvalue weighted by Gasteiger charge is -2.13. The van der Waals surface area contributed by atoms with Crippen molar-refractivity contribution < 1.29 is 14.3 Å². The van der Waals surface area contributed by atoms with E-state index in [0.29, 0.717) is 42.3 Å². The van der Waals surface area contributed by atoms with Crippen molar-refractivity contribution in [2.24, 2.45) is 0 Å². The van der Waals surface area contributed by atoms with Crippen molar-refractivity contribution in [2.45, 2.75) is 52.5 Å². The van der Waals surface area contributed by atoms with Crippen LogP contribution in [0.5, 0.6) is 5.75 Å². The van der Waals surface area contributed by atoms with Gasteiger partial charge in [0.15, 0.2) is 5.69 Å². The Kier molecular flexibility index (Phi) is 6.28. The Morgan fingerprint density at radius 1 is 1.21 bits per heavy atom. The molecule has 0 unspecified atom stereocenters. The lowest BCUT2D eigenvalue weighted by molar-refractivity contribution is 0.0939. The highest BCUT2D eigenvalue weighted by Gasteiger charge is 2.27. The van der Waals surface area contributed by atoms with Crippen LogP contribution in [0.2, 0.25) is 0 Å². The predicted octanol–water partition coefficient (Wildman–Crippen LogP) is 2.26. The molecule has 1 aliphatic carbocycles. The molecule has 1 fully saturated rings. The third-order valence-corrected chi connectivity index (χ3v) is 4.47. The summed E-state index contributed by atoms with van der Waals surface area (Å²) in [5.74, 6) is 0.114. The lowest BCUT2D eigenvalue weighted by Crippen LogP contribution is -2.27. The summed E-state index contributed by atoms with van der Waals surface area (Å²) in [6.45, 7) is 6.75. The molecule has 1 aromatic carbocycles. The van der Waals surface area contributed by atoms with E-state index < -0.39 is 0 Å². The maximum absolute atomic E-state index is 12.5. The standard InChI is InChI=1S/C20H27N5O3/c1-4-7-16-18(20(27)22-13-8-9-13)23-24-25(16)14-10-11-15(19(26)21-5-2)17(12-14)28-6-3/h10-13H,4-9H2,1-3H3,(H,21,26)(H,22,27). The van der Waals surface area contributed by atoms with Gasteiger partial charge in [-0.3, -0.25) is 9.59 Å². The van der Waals surface area contributed by atoms with E-state index >= 15 is 0 Å². The number of ether oxygens (including phenoxy) is 1. The summed E-state index contributed by atoms with van der Waals surface area (Å²) >= 11 is 0. The largest absolute Gasteiger partial charge is 0.493 e. The highest BCUT2D eigenvalue weighted by molar-refractivity contribution is 5.97. The third-order valence-electron chi connectivity index (χ3n) is 4.47. The molecule has 8 nitrogen and oxygen atoms in total. The molecule has 150 valence electrons. The number of amides is 2. The highest BCUT2D eigenvalue weighted by Crippen LogP contribution is 2.25. The van der Waals surface area contributed by atoms with Crippen molar-refractivity contribution in [1.82, 2.24) is 25.6 Å². The molecular weight excluding hydrogens is 358 g/mol. The van der Waals surface area contributed by atoms with Crippen molar-refractivity contribution >= 4 is 11.8 Å². The Labute approximate surface area is 164 Å². The summed E-state index contributed by atoms with van der Waals surface area (Å²) in [6, 6.07) is 5.54. The lowest BCUT2D eigenvalue weighted by atomic mass is 10.1. The molecular formula is C20H27N5O3. The normalized spacial score (nSPS) is 13.2. The zero-order valence-corrected chi connectivity index (χ0v) is 16.6. The minimum absolute atomic E-state index is 0.179. The van der Waals surface area contributed by atoms with Crippen molar-refractivity contribution in [3.8, 4) is 11.4 Å². The van der Waals surface area contributed by atoms with Gasteiger partial charge in [0.1, 0.15) is 5.75 Å². The van der Waals surface area contributed by atoms with Gasteiger partial charge < -0.3 is 15.4 Å². The quantitative estimate of drug-likeness (QED) is 0.690. The van der Waals surface area contributed by atoms with Crippen LogP contribution in [0.1, 0.15) is 66.6 Å². The zero-order chi connectivity index (χ0) is 20.1. The van der Waals surface area contributed by atoms with Gasteiger partial charge in [-0.15, -0.1) is 5.10 Å². The molecule has 1 aliphatic rings. The monoisotopic (exact) mass is 385 g/mol. The smallest absolute Gasteiger partial charge is 0.273 e. The van der Waals surface area contributed by atoms with Crippen molar-refractivity contribution in [3.63, 3.8) is 0 Å². The maximum Gasteiger partial charge on any atom is 0.273 e. The van der Waals surface area contributed by atoms with Crippen LogP contribution in [-0.2, 0) is 6.42 Å². The first-order chi connectivity index (χ1) is 13.6. The SMILES string of the molecule is CCCc1c(C(=O)NC2CC2)nnn1-c1ccc(C(=O)NCC)c(OCC)c1. The van der Waals surface area contributed by atoms with Gasteiger partial charge in [-0.25, -0.2) is 4.68 Å². The van der Waals surface area contributed by atoms with Gasteiger partial charge in [0.2, 0.25) is 0 Å². The van der Waals surface area contributed by atoms with E-state index in [1.165, 1.54) is 0 Å². The van der Waals surface area contributed by atoms with E-state index in [1.807, 2.05) is 20.8 Å². The molecule has 0 spiro atoms. The number of hydrogen-bond acceptors (Lipinski definition) is 5. The van der Waals surface area contributed by atoms with E-state index in [4.69, 9.17) is 4.74 Å². The van der Waals surface area contributed by atoms with Crippen LogP contribution >= 0.6 is 0 Å². The molecule has 28 heavy (non-hydrogen) atoms. The van der Waals surface area contributed by atoms with Crippen LogP contribution in [0.25, 0.3) is 5.69 Å². The van der Waals surface area contributed by atoms with Crippen LogP contribution in [0, 0.1) is 0 Å². The van der Waals surface area contributed by atoms with Crippen LogP contribution < -0.4 is 15.4 Å². The number of benzene rings is 1. The van der Waals surface area contributed by atoms with Crippen molar-refractivity contribution in [3.05, 3.63) is 35.2 Å². The van der Waals surface area contributed by atoms with E-state index in [2.05, 4.69) is 20.9 Å². The Bertz CT molecular complexity index is 858. The highest BCUT2D eigenvalue weighted by atomic mass is 16.5. The summed E-state index contributed by atoms with van der Waals surface area (Å²) in [7, 11) is 0. The Morgan fingerprint density at radius 3 is 2.64 bits per heavy atom. The average molecular weight is 385 g/mol. The van der Waals surface area contributed by atoms with Crippen LogP contribution in [0.3, 0.4) is 0 Å². The van der Waals surface area contributed by atoms with E-state index in [1.54, 1.807) is 22.9 Å². The van der Waals surface area contributed by atoms with Gasteiger partial charge in [0, 0.05) is 18.7 Å². The van der Waals surface area contributed by atoms with Gasteiger partial charge in [0.25, 0.3) is 11.8 Å². The molecule has 0 radical (unpaired) electrons. The summed E-state index contributed by atoms with van der Waals surface area (Å²) in [5.41, 5.74) is 2.29. The first kappa shape index (κ1) is 19.9. The Morgan fingerprint density at radius 2 is 2.00 bits per heavy atom. The zero-order valence-electron chi connectivity index (χ0n) is 16.6. The fraction of sp³-hybridized carbons (Fsp3) is 0.500.